The number of hydrogen-bond acceptors (Lipinski definition) is 3. The number of nitrogens with one attached hydrogen (secondary N) is 1. The maximum atomic E-state index is 11.5. The van der Waals surface area contributed by atoms with Gasteiger partial charge in [-0.2, -0.15) is 0 Å². The van der Waals surface area contributed by atoms with E-state index >= 15 is 0 Å². The van der Waals surface area contributed by atoms with Gasteiger partial charge in [-0.15, -0.1) is 11.6 Å². The minimum Gasteiger partial charge on any atom is -0.486 e. The Morgan fingerprint density at radius 3 is 2.80 bits per heavy atom. The predicted molar refractivity (Wildman–Crippen MR) is 78.7 cm³/mol. The van der Waals surface area contributed by atoms with Crippen molar-refractivity contribution in [3.63, 3.8) is 0 Å². The van der Waals surface area contributed by atoms with Crippen LogP contribution in [0.2, 0.25) is 0 Å². The van der Waals surface area contributed by atoms with Gasteiger partial charge in [0, 0.05) is 18.8 Å². The lowest BCUT2D eigenvalue weighted by Crippen LogP contribution is -2.25. The summed E-state index contributed by atoms with van der Waals surface area (Å²) < 4.78 is 11.0. The third-order valence-electron chi connectivity index (χ3n) is 3.13. The van der Waals surface area contributed by atoms with E-state index in [-0.39, 0.29) is 5.91 Å². The van der Waals surface area contributed by atoms with Crippen LogP contribution in [-0.2, 0) is 11.2 Å². The minimum absolute atomic E-state index is 0.0904. The summed E-state index contributed by atoms with van der Waals surface area (Å²) >= 11 is 5.57. The van der Waals surface area contributed by atoms with Gasteiger partial charge in [0.2, 0.25) is 5.91 Å². The zero-order chi connectivity index (χ0) is 14.2. The number of unbranched alkanes of at least 4 members (excludes halogenated alkanes) is 1. The summed E-state index contributed by atoms with van der Waals surface area (Å²) in [4.78, 5) is 11.5. The van der Waals surface area contributed by atoms with Gasteiger partial charge in [-0.05, 0) is 37.0 Å². The zero-order valence-corrected chi connectivity index (χ0v) is 12.2. The molecule has 5 heteroatoms. The van der Waals surface area contributed by atoms with Crippen LogP contribution in [0, 0.1) is 0 Å². The molecule has 1 amide bonds. The molecule has 0 fully saturated rings. The molecular weight excluding hydrogens is 278 g/mol. The number of alkyl halides is 1. The second-order valence-electron chi connectivity index (χ2n) is 4.72. The van der Waals surface area contributed by atoms with Crippen molar-refractivity contribution >= 4 is 17.5 Å². The number of carbonyl (C=O) groups excluding carboxylic acids is 1. The number of amides is 1. The van der Waals surface area contributed by atoms with E-state index in [1.165, 1.54) is 0 Å². The summed E-state index contributed by atoms with van der Waals surface area (Å²) in [6, 6.07) is 5.91. The van der Waals surface area contributed by atoms with Crippen LogP contribution in [0.1, 0.15) is 24.8 Å². The van der Waals surface area contributed by atoms with Crippen LogP contribution in [0.25, 0.3) is 0 Å². The lowest BCUT2D eigenvalue weighted by Gasteiger charge is -2.18. The molecule has 0 aliphatic carbocycles. The highest BCUT2D eigenvalue weighted by atomic mass is 35.5. The van der Waals surface area contributed by atoms with Crippen LogP contribution < -0.4 is 14.8 Å². The summed E-state index contributed by atoms with van der Waals surface area (Å²) in [6.07, 6.45) is 3.07. The molecule has 1 N–H and O–H groups in total. The third-order valence-corrected chi connectivity index (χ3v) is 3.40. The number of rotatable bonds is 7. The molecule has 4 nitrogen and oxygen atoms in total. The van der Waals surface area contributed by atoms with Crippen molar-refractivity contribution in [1.82, 2.24) is 5.32 Å². The quantitative estimate of drug-likeness (QED) is 0.621. The smallest absolute Gasteiger partial charge is 0.220 e. The number of benzene rings is 1. The Morgan fingerprint density at radius 2 is 2.00 bits per heavy atom. The molecular formula is C15H20ClNO3. The lowest BCUT2D eigenvalue weighted by molar-refractivity contribution is -0.121. The molecule has 0 spiro atoms. The molecule has 20 heavy (non-hydrogen) atoms. The Balaban J connectivity index is 1.72. The highest BCUT2D eigenvalue weighted by Gasteiger charge is 2.11. The minimum atomic E-state index is 0.0904. The molecule has 1 aliphatic rings. The first-order valence-corrected chi connectivity index (χ1v) is 7.54. The Labute approximate surface area is 124 Å². The van der Waals surface area contributed by atoms with E-state index in [1.807, 2.05) is 18.2 Å². The van der Waals surface area contributed by atoms with Crippen molar-refractivity contribution < 1.29 is 14.3 Å². The molecule has 1 aromatic rings. The van der Waals surface area contributed by atoms with Gasteiger partial charge in [0.1, 0.15) is 13.2 Å². The van der Waals surface area contributed by atoms with Gasteiger partial charge in [0.05, 0.1) is 0 Å². The Kier molecular flexibility index (Phi) is 5.99. The van der Waals surface area contributed by atoms with E-state index in [0.717, 1.165) is 36.3 Å². The largest absolute Gasteiger partial charge is 0.486 e. The van der Waals surface area contributed by atoms with E-state index in [0.29, 0.717) is 32.1 Å². The van der Waals surface area contributed by atoms with Crippen LogP contribution in [0.15, 0.2) is 18.2 Å². The van der Waals surface area contributed by atoms with Crippen molar-refractivity contribution in [1.29, 1.82) is 0 Å². The van der Waals surface area contributed by atoms with E-state index in [4.69, 9.17) is 21.1 Å². The number of carbonyl (C=O) groups is 1. The van der Waals surface area contributed by atoms with Gasteiger partial charge in [-0.1, -0.05) is 6.07 Å². The molecule has 110 valence electrons. The number of ether oxygens (including phenoxy) is 2. The maximum Gasteiger partial charge on any atom is 0.220 e. The second kappa shape index (κ2) is 8.00. The number of hydrogen-bond donors (Lipinski definition) is 1. The topological polar surface area (TPSA) is 47.6 Å². The SMILES string of the molecule is O=C(CCCCCl)NCCc1ccc2c(c1)OCCO2. The van der Waals surface area contributed by atoms with Crippen molar-refractivity contribution in [2.24, 2.45) is 0 Å². The molecule has 0 atom stereocenters. The zero-order valence-electron chi connectivity index (χ0n) is 11.5. The first-order valence-electron chi connectivity index (χ1n) is 7.01. The Morgan fingerprint density at radius 1 is 1.20 bits per heavy atom. The third kappa shape index (κ3) is 4.60. The molecule has 1 aliphatic heterocycles. The first-order chi connectivity index (χ1) is 9.79. The van der Waals surface area contributed by atoms with Crippen LogP contribution in [0.3, 0.4) is 0 Å². The van der Waals surface area contributed by atoms with Crippen molar-refractivity contribution in [3.8, 4) is 11.5 Å². The van der Waals surface area contributed by atoms with Crippen LogP contribution in [0.4, 0.5) is 0 Å². The van der Waals surface area contributed by atoms with Crippen molar-refractivity contribution in [3.05, 3.63) is 23.8 Å². The van der Waals surface area contributed by atoms with Gasteiger partial charge in [-0.25, -0.2) is 0 Å². The van der Waals surface area contributed by atoms with Gasteiger partial charge >= 0.3 is 0 Å². The molecule has 0 unspecified atom stereocenters. The molecule has 1 heterocycles. The molecule has 0 bridgehead atoms. The van der Waals surface area contributed by atoms with Crippen LogP contribution >= 0.6 is 11.6 Å². The summed E-state index contributed by atoms with van der Waals surface area (Å²) in [5, 5.41) is 2.92. The summed E-state index contributed by atoms with van der Waals surface area (Å²) in [6.45, 7) is 1.83. The van der Waals surface area contributed by atoms with E-state index in [1.54, 1.807) is 0 Å². The van der Waals surface area contributed by atoms with Crippen LogP contribution in [-0.4, -0.2) is 31.5 Å². The predicted octanol–water partition coefficient (Wildman–Crippen LogP) is 2.53. The second-order valence-corrected chi connectivity index (χ2v) is 5.10. The van der Waals surface area contributed by atoms with Gasteiger partial charge in [0.15, 0.2) is 11.5 Å². The normalized spacial score (nSPS) is 13.1. The fraction of sp³-hybridized carbons (Fsp3) is 0.533. The molecule has 0 radical (unpaired) electrons. The summed E-state index contributed by atoms with van der Waals surface area (Å²) in [5.74, 6) is 2.30. The maximum absolute atomic E-state index is 11.5. The van der Waals surface area contributed by atoms with Gasteiger partial charge in [0.25, 0.3) is 0 Å². The molecule has 0 saturated carbocycles. The molecule has 2 rings (SSSR count). The molecule has 0 aromatic heterocycles. The summed E-state index contributed by atoms with van der Waals surface area (Å²) in [7, 11) is 0. The average molecular weight is 298 g/mol. The highest BCUT2D eigenvalue weighted by Crippen LogP contribution is 2.30. The summed E-state index contributed by atoms with van der Waals surface area (Å²) in [5.41, 5.74) is 1.13. The lowest BCUT2D eigenvalue weighted by atomic mass is 10.1. The average Bonchev–Trinajstić information content (AvgIpc) is 2.47. The molecule has 0 saturated heterocycles. The van der Waals surface area contributed by atoms with E-state index < -0.39 is 0 Å². The van der Waals surface area contributed by atoms with Crippen molar-refractivity contribution in [2.75, 3.05) is 25.6 Å². The van der Waals surface area contributed by atoms with E-state index in [2.05, 4.69) is 5.32 Å². The Hall–Kier alpha value is -1.42. The van der Waals surface area contributed by atoms with Gasteiger partial charge < -0.3 is 14.8 Å². The Bertz CT molecular complexity index is 451. The van der Waals surface area contributed by atoms with Crippen molar-refractivity contribution in [2.45, 2.75) is 25.7 Å². The fourth-order valence-corrected chi connectivity index (χ4v) is 2.25. The monoisotopic (exact) mass is 297 g/mol. The molecule has 1 aromatic carbocycles. The number of halogens is 1. The first kappa shape index (κ1) is 15.0. The fourth-order valence-electron chi connectivity index (χ4n) is 2.06. The van der Waals surface area contributed by atoms with Gasteiger partial charge in [-0.3, -0.25) is 4.79 Å². The standard InChI is InChI=1S/C15H20ClNO3/c16-7-2-1-3-15(18)17-8-6-12-4-5-13-14(11-12)20-10-9-19-13/h4-5,11H,1-3,6-10H2,(H,17,18). The van der Waals surface area contributed by atoms with E-state index in [9.17, 15) is 4.79 Å². The highest BCUT2D eigenvalue weighted by molar-refractivity contribution is 6.17. The van der Waals surface area contributed by atoms with Crippen LogP contribution in [0.5, 0.6) is 11.5 Å². The number of fused-ring (bicyclic) bond motifs is 1.